The fourth-order valence-corrected chi connectivity index (χ4v) is 2.89. The lowest BCUT2D eigenvalue weighted by Gasteiger charge is -2.30. The van der Waals surface area contributed by atoms with Gasteiger partial charge in [0.15, 0.2) is 0 Å². The van der Waals surface area contributed by atoms with Gasteiger partial charge in [-0.3, -0.25) is 0 Å². The highest BCUT2D eigenvalue weighted by atomic mass is 35.5. The molecule has 1 heterocycles. The molecule has 0 aliphatic carbocycles. The van der Waals surface area contributed by atoms with Crippen LogP contribution in [0.4, 0.5) is 5.69 Å². The van der Waals surface area contributed by atoms with E-state index in [1.807, 2.05) is 6.07 Å². The number of hydrogen-bond acceptors (Lipinski definition) is 1. The second-order valence-electron chi connectivity index (χ2n) is 5.13. The topological polar surface area (TPSA) is 12.0 Å². The number of nitrogens with one attached hydrogen (secondary N) is 1. The van der Waals surface area contributed by atoms with E-state index in [0.717, 1.165) is 28.7 Å². The van der Waals surface area contributed by atoms with Crippen molar-refractivity contribution < 1.29 is 0 Å². The molecule has 3 heteroatoms. The van der Waals surface area contributed by atoms with E-state index in [1.165, 1.54) is 5.56 Å². The van der Waals surface area contributed by atoms with Crippen LogP contribution in [0, 0.1) is 5.41 Å². The van der Waals surface area contributed by atoms with Gasteiger partial charge in [-0.05, 0) is 23.1 Å². The molecule has 1 N–H and O–H groups in total. The molecule has 2 rings (SSSR count). The first-order valence-electron chi connectivity index (χ1n) is 5.68. The Labute approximate surface area is 107 Å². The Balaban J connectivity index is 2.47. The van der Waals surface area contributed by atoms with Crippen LogP contribution >= 0.6 is 23.2 Å². The summed E-state index contributed by atoms with van der Waals surface area (Å²) in [6.45, 7) is 7.77. The van der Waals surface area contributed by atoms with E-state index in [4.69, 9.17) is 23.2 Å². The van der Waals surface area contributed by atoms with Crippen molar-refractivity contribution in [2.24, 2.45) is 5.41 Å². The molecule has 0 amide bonds. The van der Waals surface area contributed by atoms with Crippen LogP contribution in [-0.4, -0.2) is 6.54 Å². The van der Waals surface area contributed by atoms with Gasteiger partial charge in [0.05, 0.1) is 10.7 Å². The minimum Gasteiger partial charge on any atom is -0.383 e. The molecule has 1 aromatic carbocycles. The van der Waals surface area contributed by atoms with Crippen LogP contribution in [0.15, 0.2) is 12.1 Å². The van der Waals surface area contributed by atoms with E-state index in [0.29, 0.717) is 5.92 Å². The van der Waals surface area contributed by atoms with Crippen molar-refractivity contribution in [3.63, 3.8) is 0 Å². The van der Waals surface area contributed by atoms with Crippen LogP contribution in [0.3, 0.4) is 0 Å². The first-order valence-corrected chi connectivity index (χ1v) is 6.44. The maximum Gasteiger partial charge on any atom is 0.0655 e. The average Bonchev–Trinajstić information content (AvgIpc) is 2.62. The zero-order chi connectivity index (χ0) is 11.9. The third kappa shape index (κ3) is 1.91. The molecule has 0 spiro atoms. The third-order valence-corrected chi connectivity index (χ3v) is 4.31. The summed E-state index contributed by atoms with van der Waals surface area (Å²) in [6.07, 6.45) is 1.14. The first-order chi connectivity index (χ1) is 7.45. The minimum absolute atomic E-state index is 0.270. The molecule has 1 unspecified atom stereocenters. The number of halogens is 2. The number of benzene rings is 1. The summed E-state index contributed by atoms with van der Waals surface area (Å²) in [4.78, 5) is 0. The zero-order valence-corrected chi connectivity index (χ0v) is 11.4. The molecular weight excluding hydrogens is 241 g/mol. The van der Waals surface area contributed by atoms with Crippen molar-refractivity contribution in [2.45, 2.75) is 33.1 Å². The Morgan fingerprint density at radius 1 is 1.38 bits per heavy atom. The van der Waals surface area contributed by atoms with Crippen molar-refractivity contribution in [3.8, 4) is 0 Å². The fraction of sp³-hybridized carbons (Fsp3) is 0.538. The van der Waals surface area contributed by atoms with E-state index < -0.39 is 0 Å². The predicted molar refractivity (Wildman–Crippen MR) is 71.8 cm³/mol. The summed E-state index contributed by atoms with van der Waals surface area (Å²) in [5, 5.41) is 4.86. The number of hydrogen-bond donors (Lipinski definition) is 1. The Morgan fingerprint density at radius 2 is 2.06 bits per heavy atom. The molecular formula is C13H17Cl2N. The second kappa shape index (κ2) is 4.12. The normalized spacial score (nSPS) is 19.4. The summed E-state index contributed by atoms with van der Waals surface area (Å²) >= 11 is 12.3. The van der Waals surface area contributed by atoms with Crippen molar-refractivity contribution in [2.75, 3.05) is 11.9 Å². The lowest BCUT2D eigenvalue weighted by molar-refractivity contribution is 0.289. The summed E-state index contributed by atoms with van der Waals surface area (Å²) in [6, 6.07) is 3.85. The summed E-state index contributed by atoms with van der Waals surface area (Å²) in [7, 11) is 0. The number of rotatable bonds is 2. The van der Waals surface area contributed by atoms with Crippen molar-refractivity contribution in [1.82, 2.24) is 0 Å². The van der Waals surface area contributed by atoms with Crippen LogP contribution < -0.4 is 5.32 Å². The molecule has 0 saturated heterocycles. The van der Waals surface area contributed by atoms with E-state index >= 15 is 0 Å². The van der Waals surface area contributed by atoms with Crippen molar-refractivity contribution in [3.05, 3.63) is 27.7 Å². The van der Waals surface area contributed by atoms with Crippen LogP contribution in [0.25, 0.3) is 0 Å². The van der Waals surface area contributed by atoms with Gasteiger partial charge in [0.2, 0.25) is 0 Å². The highest BCUT2D eigenvalue weighted by Crippen LogP contribution is 2.47. The van der Waals surface area contributed by atoms with E-state index in [-0.39, 0.29) is 5.41 Å². The van der Waals surface area contributed by atoms with Crippen molar-refractivity contribution >= 4 is 28.9 Å². The Kier molecular flexibility index (Phi) is 3.11. The molecule has 0 bridgehead atoms. The number of fused-ring (bicyclic) bond motifs is 1. The lowest BCUT2D eigenvalue weighted by Crippen LogP contribution is -2.22. The Hall–Kier alpha value is -0.400. The largest absolute Gasteiger partial charge is 0.383 e. The Morgan fingerprint density at radius 3 is 2.69 bits per heavy atom. The van der Waals surface area contributed by atoms with Gasteiger partial charge < -0.3 is 5.32 Å². The van der Waals surface area contributed by atoms with Gasteiger partial charge in [-0.1, -0.05) is 50.4 Å². The van der Waals surface area contributed by atoms with Crippen LogP contribution in [0.2, 0.25) is 10.0 Å². The summed E-state index contributed by atoms with van der Waals surface area (Å²) < 4.78 is 0. The SMILES string of the molecule is CCC(C)(C)C1CNc2c(Cl)cc(Cl)cc21. The van der Waals surface area contributed by atoms with E-state index in [1.54, 1.807) is 6.07 Å². The van der Waals surface area contributed by atoms with E-state index in [2.05, 4.69) is 26.1 Å². The average molecular weight is 258 g/mol. The van der Waals surface area contributed by atoms with Crippen LogP contribution in [0.5, 0.6) is 0 Å². The molecule has 88 valence electrons. The monoisotopic (exact) mass is 257 g/mol. The molecule has 1 aliphatic rings. The molecule has 1 nitrogen and oxygen atoms in total. The second-order valence-corrected chi connectivity index (χ2v) is 5.97. The fourth-order valence-electron chi connectivity index (χ4n) is 2.31. The predicted octanol–water partition coefficient (Wildman–Crippen LogP) is 4.94. The maximum atomic E-state index is 6.19. The van der Waals surface area contributed by atoms with Gasteiger partial charge in [0.1, 0.15) is 0 Å². The minimum atomic E-state index is 0.270. The maximum absolute atomic E-state index is 6.19. The van der Waals surface area contributed by atoms with Crippen LogP contribution in [0.1, 0.15) is 38.7 Å². The van der Waals surface area contributed by atoms with Crippen LogP contribution in [-0.2, 0) is 0 Å². The summed E-state index contributed by atoms with van der Waals surface area (Å²) in [5.41, 5.74) is 2.61. The molecule has 1 aliphatic heterocycles. The standard InChI is InChI=1S/C13H17Cl2N/c1-4-13(2,3)10-7-16-12-9(10)5-8(14)6-11(12)15/h5-6,10,16H,4,7H2,1-3H3. The zero-order valence-electron chi connectivity index (χ0n) is 9.90. The van der Waals surface area contributed by atoms with Gasteiger partial charge in [0, 0.05) is 17.5 Å². The van der Waals surface area contributed by atoms with Gasteiger partial charge in [0.25, 0.3) is 0 Å². The molecule has 0 aromatic heterocycles. The van der Waals surface area contributed by atoms with Gasteiger partial charge in [-0.2, -0.15) is 0 Å². The van der Waals surface area contributed by atoms with Gasteiger partial charge in [-0.15, -0.1) is 0 Å². The van der Waals surface area contributed by atoms with Gasteiger partial charge >= 0.3 is 0 Å². The quantitative estimate of drug-likeness (QED) is 0.792. The molecule has 16 heavy (non-hydrogen) atoms. The molecule has 0 saturated carbocycles. The third-order valence-electron chi connectivity index (χ3n) is 3.80. The number of anilines is 1. The highest BCUT2D eigenvalue weighted by Gasteiger charge is 2.35. The smallest absolute Gasteiger partial charge is 0.0655 e. The van der Waals surface area contributed by atoms with Crippen molar-refractivity contribution in [1.29, 1.82) is 0 Å². The molecule has 1 atom stereocenters. The molecule has 0 fully saturated rings. The van der Waals surface area contributed by atoms with Gasteiger partial charge in [-0.25, -0.2) is 0 Å². The first kappa shape index (κ1) is 12.1. The Bertz CT molecular complexity index is 413. The summed E-state index contributed by atoms with van der Waals surface area (Å²) in [5.74, 6) is 0.490. The van der Waals surface area contributed by atoms with E-state index in [9.17, 15) is 0 Å². The molecule has 1 aromatic rings. The highest BCUT2D eigenvalue weighted by molar-refractivity contribution is 6.36. The lowest BCUT2D eigenvalue weighted by atomic mass is 9.74. The molecule has 0 radical (unpaired) electrons.